The summed E-state index contributed by atoms with van der Waals surface area (Å²) in [7, 11) is 1.55. The SMILES string of the molecule is CO[C@@H]1C=C[C@H](N)[C@@H](C)N1C(=O)OCc1ccccc1. The molecule has 2 N–H and O–H groups in total. The Hall–Kier alpha value is -1.85. The number of hydrogen-bond donors (Lipinski definition) is 1. The quantitative estimate of drug-likeness (QED) is 0.856. The maximum Gasteiger partial charge on any atom is 0.412 e. The van der Waals surface area contributed by atoms with Gasteiger partial charge in [-0.15, -0.1) is 0 Å². The van der Waals surface area contributed by atoms with E-state index in [9.17, 15) is 4.79 Å². The maximum absolute atomic E-state index is 12.2. The second-order valence-corrected chi connectivity index (χ2v) is 4.78. The van der Waals surface area contributed by atoms with E-state index < -0.39 is 12.3 Å². The molecule has 5 nitrogen and oxygen atoms in total. The first kappa shape index (κ1) is 14.6. The monoisotopic (exact) mass is 276 g/mol. The standard InChI is InChI=1S/C15H20N2O3/c1-11-13(16)8-9-14(19-2)17(11)15(18)20-10-12-6-4-3-5-7-12/h3-9,11,13-14H,10,16H2,1-2H3/t11-,13+,14-/m1/s1. The highest BCUT2D eigenvalue weighted by Gasteiger charge is 2.34. The lowest BCUT2D eigenvalue weighted by molar-refractivity contribution is -0.0281. The lowest BCUT2D eigenvalue weighted by Gasteiger charge is -2.38. The zero-order valence-corrected chi connectivity index (χ0v) is 11.7. The number of amides is 1. The molecule has 1 aromatic carbocycles. The van der Waals surface area contributed by atoms with Crippen molar-refractivity contribution in [2.75, 3.05) is 7.11 Å². The number of nitrogens with zero attached hydrogens (tertiary/aromatic N) is 1. The first-order valence-corrected chi connectivity index (χ1v) is 6.59. The molecule has 3 atom stereocenters. The number of hydrogen-bond acceptors (Lipinski definition) is 4. The molecule has 1 amide bonds. The summed E-state index contributed by atoms with van der Waals surface area (Å²) >= 11 is 0. The van der Waals surface area contributed by atoms with E-state index in [-0.39, 0.29) is 18.7 Å². The minimum absolute atomic E-state index is 0.173. The molecule has 0 saturated heterocycles. The number of ether oxygens (including phenoxy) is 2. The summed E-state index contributed by atoms with van der Waals surface area (Å²) in [5, 5.41) is 0. The Kier molecular flexibility index (Phi) is 4.76. The molecule has 0 bridgehead atoms. The molecular weight excluding hydrogens is 256 g/mol. The molecular formula is C15H20N2O3. The molecule has 0 saturated carbocycles. The second kappa shape index (κ2) is 6.54. The van der Waals surface area contributed by atoms with Crippen LogP contribution < -0.4 is 5.73 Å². The number of carbonyl (C=O) groups excluding carboxylic acids is 1. The molecule has 2 rings (SSSR count). The highest BCUT2D eigenvalue weighted by molar-refractivity contribution is 5.69. The summed E-state index contributed by atoms with van der Waals surface area (Å²) in [6.45, 7) is 2.11. The van der Waals surface area contributed by atoms with Gasteiger partial charge in [0, 0.05) is 13.2 Å². The number of rotatable bonds is 3. The van der Waals surface area contributed by atoms with Crippen LogP contribution in [-0.2, 0) is 16.1 Å². The Morgan fingerprint density at radius 2 is 2.00 bits per heavy atom. The van der Waals surface area contributed by atoms with E-state index in [1.807, 2.05) is 43.3 Å². The number of nitrogens with two attached hydrogens (primary N) is 1. The van der Waals surface area contributed by atoms with Gasteiger partial charge in [-0.1, -0.05) is 36.4 Å². The molecule has 1 aliphatic rings. The molecule has 0 aromatic heterocycles. The Balaban J connectivity index is 2.01. The molecule has 0 unspecified atom stereocenters. The van der Waals surface area contributed by atoms with Crippen LogP contribution in [0.25, 0.3) is 0 Å². The third kappa shape index (κ3) is 3.18. The molecule has 1 aromatic rings. The van der Waals surface area contributed by atoms with Crippen LogP contribution in [0.4, 0.5) is 4.79 Å². The molecule has 1 heterocycles. The van der Waals surface area contributed by atoms with E-state index in [0.717, 1.165) is 5.56 Å². The van der Waals surface area contributed by atoms with Crippen LogP contribution in [0.1, 0.15) is 12.5 Å². The van der Waals surface area contributed by atoms with Crippen molar-refractivity contribution in [1.29, 1.82) is 0 Å². The van der Waals surface area contributed by atoms with Crippen LogP contribution in [0.15, 0.2) is 42.5 Å². The smallest absolute Gasteiger partial charge is 0.412 e. The molecule has 5 heteroatoms. The van der Waals surface area contributed by atoms with Gasteiger partial charge in [-0.25, -0.2) is 4.79 Å². The normalized spacial score (nSPS) is 25.6. The lowest BCUT2D eigenvalue weighted by Crippen LogP contribution is -2.55. The minimum atomic E-state index is -0.437. The predicted molar refractivity (Wildman–Crippen MR) is 75.8 cm³/mol. The average Bonchev–Trinajstić information content (AvgIpc) is 2.48. The largest absolute Gasteiger partial charge is 0.444 e. The van der Waals surface area contributed by atoms with Gasteiger partial charge in [0.15, 0.2) is 6.23 Å². The summed E-state index contributed by atoms with van der Waals surface area (Å²) in [5.41, 5.74) is 6.88. The third-order valence-corrected chi connectivity index (χ3v) is 3.43. The van der Waals surface area contributed by atoms with Gasteiger partial charge in [-0.3, -0.25) is 4.90 Å². The van der Waals surface area contributed by atoms with Crippen LogP contribution in [0.2, 0.25) is 0 Å². The maximum atomic E-state index is 12.2. The second-order valence-electron chi connectivity index (χ2n) is 4.78. The van der Waals surface area contributed by atoms with Gasteiger partial charge in [-0.05, 0) is 18.6 Å². The van der Waals surface area contributed by atoms with Crippen molar-refractivity contribution in [1.82, 2.24) is 4.90 Å². The van der Waals surface area contributed by atoms with Crippen molar-refractivity contribution in [2.24, 2.45) is 5.73 Å². The van der Waals surface area contributed by atoms with Gasteiger partial charge in [0.2, 0.25) is 0 Å². The Morgan fingerprint density at radius 3 is 2.65 bits per heavy atom. The number of benzene rings is 1. The summed E-state index contributed by atoms with van der Waals surface area (Å²) in [4.78, 5) is 13.8. The van der Waals surface area contributed by atoms with E-state index in [4.69, 9.17) is 15.2 Å². The molecule has 0 aliphatic carbocycles. The molecule has 20 heavy (non-hydrogen) atoms. The zero-order chi connectivity index (χ0) is 14.5. The van der Waals surface area contributed by atoms with Crippen molar-refractivity contribution in [2.45, 2.75) is 31.8 Å². The van der Waals surface area contributed by atoms with E-state index in [0.29, 0.717) is 0 Å². The number of carbonyl (C=O) groups is 1. The average molecular weight is 276 g/mol. The summed E-state index contributed by atoms with van der Waals surface area (Å²) in [5.74, 6) is 0. The van der Waals surface area contributed by atoms with Crippen molar-refractivity contribution < 1.29 is 14.3 Å². The fourth-order valence-electron chi connectivity index (χ4n) is 2.15. The van der Waals surface area contributed by atoms with Crippen molar-refractivity contribution in [3.8, 4) is 0 Å². The number of methoxy groups -OCH3 is 1. The lowest BCUT2D eigenvalue weighted by atomic mass is 10.0. The topological polar surface area (TPSA) is 64.8 Å². The third-order valence-electron chi connectivity index (χ3n) is 3.43. The van der Waals surface area contributed by atoms with Crippen LogP contribution in [0.3, 0.4) is 0 Å². The summed E-state index contributed by atoms with van der Waals surface area (Å²) in [6.07, 6.45) is 2.76. The summed E-state index contributed by atoms with van der Waals surface area (Å²) < 4.78 is 10.6. The summed E-state index contributed by atoms with van der Waals surface area (Å²) in [6, 6.07) is 9.16. The fourth-order valence-corrected chi connectivity index (χ4v) is 2.15. The van der Waals surface area contributed by atoms with Gasteiger partial charge >= 0.3 is 6.09 Å². The highest BCUT2D eigenvalue weighted by atomic mass is 16.6. The fraction of sp³-hybridized carbons (Fsp3) is 0.400. The first-order valence-electron chi connectivity index (χ1n) is 6.59. The van der Waals surface area contributed by atoms with Gasteiger partial charge in [0.05, 0.1) is 6.04 Å². The molecule has 108 valence electrons. The molecule has 0 fully saturated rings. The van der Waals surface area contributed by atoms with Gasteiger partial charge in [0.1, 0.15) is 6.61 Å². The predicted octanol–water partition coefficient (Wildman–Crippen LogP) is 1.88. The van der Waals surface area contributed by atoms with Gasteiger partial charge in [0.25, 0.3) is 0 Å². The van der Waals surface area contributed by atoms with Gasteiger partial charge < -0.3 is 15.2 Å². The highest BCUT2D eigenvalue weighted by Crippen LogP contribution is 2.18. The molecule has 0 radical (unpaired) electrons. The first-order chi connectivity index (χ1) is 9.63. The van der Waals surface area contributed by atoms with Crippen molar-refractivity contribution in [3.63, 3.8) is 0 Å². The van der Waals surface area contributed by atoms with E-state index in [1.54, 1.807) is 13.2 Å². The minimum Gasteiger partial charge on any atom is -0.444 e. The van der Waals surface area contributed by atoms with Crippen molar-refractivity contribution in [3.05, 3.63) is 48.0 Å². The Morgan fingerprint density at radius 1 is 1.30 bits per heavy atom. The van der Waals surface area contributed by atoms with E-state index in [2.05, 4.69) is 0 Å². The van der Waals surface area contributed by atoms with Crippen LogP contribution in [-0.4, -0.2) is 36.4 Å². The van der Waals surface area contributed by atoms with E-state index >= 15 is 0 Å². The Labute approximate surface area is 119 Å². The molecule has 1 aliphatic heterocycles. The Bertz CT molecular complexity index is 475. The van der Waals surface area contributed by atoms with Crippen LogP contribution in [0.5, 0.6) is 0 Å². The van der Waals surface area contributed by atoms with Crippen LogP contribution in [0, 0.1) is 0 Å². The molecule has 0 spiro atoms. The van der Waals surface area contributed by atoms with Crippen molar-refractivity contribution >= 4 is 6.09 Å². The van der Waals surface area contributed by atoms with E-state index in [1.165, 1.54) is 4.90 Å². The van der Waals surface area contributed by atoms with Gasteiger partial charge in [-0.2, -0.15) is 0 Å². The van der Waals surface area contributed by atoms with Crippen LogP contribution >= 0.6 is 0 Å². The zero-order valence-electron chi connectivity index (χ0n) is 11.7.